The number of hydrogen-bond donors (Lipinski definition) is 1. The minimum atomic E-state index is -0.951. The van der Waals surface area contributed by atoms with Crippen LogP contribution in [0.4, 0.5) is 13.6 Å². The minimum absolute atomic E-state index is 0.405. The molecule has 2 rings (SSSR count). The molecule has 20 heavy (non-hydrogen) atoms. The van der Waals surface area contributed by atoms with Crippen LogP contribution in [0.15, 0.2) is 48.5 Å². The quantitative estimate of drug-likeness (QED) is 0.926. The summed E-state index contributed by atoms with van der Waals surface area (Å²) in [5.74, 6) is -1.47. The third kappa shape index (κ3) is 3.54. The van der Waals surface area contributed by atoms with Gasteiger partial charge in [-0.25, -0.2) is 13.6 Å². The average molecular weight is 277 g/mol. The van der Waals surface area contributed by atoms with Crippen LogP contribution in [-0.4, -0.2) is 6.09 Å². The molecule has 0 aliphatic rings. The minimum Gasteiger partial charge on any atom is -0.410 e. The molecule has 1 amide bonds. The van der Waals surface area contributed by atoms with E-state index in [1.54, 1.807) is 37.3 Å². The molecule has 0 bridgehead atoms. The summed E-state index contributed by atoms with van der Waals surface area (Å²) in [7, 11) is 0. The zero-order valence-corrected chi connectivity index (χ0v) is 10.8. The van der Waals surface area contributed by atoms with E-state index in [2.05, 4.69) is 5.32 Å². The van der Waals surface area contributed by atoms with Crippen LogP contribution in [0.2, 0.25) is 0 Å². The molecule has 0 spiro atoms. The van der Waals surface area contributed by atoms with Gasteiger partial charge in [0.05, 0.1) is 6.04 Å². The Kier molecular flexibility index (Phi) is 4.30. The lowest BCUT2D eigenvalue weighted by Gasteiger charge is -2.14. The lowest BCUT2D eigenvalue weighted by atomic mass is 10.1. The normalized spacial score (nSPS) is 11.8. The van der Waals surface area contributed by atoms with Gasteiger partial charge in [0, 0.05) is 0 Å². The van der Waals surface area contributed by atoms with Gasteiger partial charge in [0.25, 0.3) is 0 Å². The van der Waals surface area contributed by atoms with Gasteiger partial charge in [0.1, 0.15) is 5.75 Å². The van der Waals surface area contributed by atoms with Crippen molar-refractivity contribution in [1.82, 2.24) is 5.32 Å². The molecule has 1 unspecified atom stereocenters. The van der Waals surface area contributed by atoms with E-state index in [9.17, 15) is 13.6 Å². The second-order valence-corrected chi connectivity index (χ2v) is 4.24. The van der Waals surface area contributed by atoms with Crippen LogP contribution in [0.3, 0.4) is 0 Å². The molecule has 5 heteroatoms. The first-order valence-electron chi connectivity index (χ1n) is 6.04. The number of carbonyl (C=O) groups is 1. The van der Waals surface area contributed by atoms with Gasteiger partial charge >= 0.3 is 6.09 Å². The third-order valence-corrected chi connectivity index (χ3v) is 2.73. The summed E-state index contributed by atoms with van der Waals surface area (Å²) >= 11 is 0. The number of rotatable bonds is 3. The number of amides is 1. The number of benzene rings is 2. The first kappa shape index (κ1) is 14.0. The molecule has 2 aromatic carbocycles. The largest absolute Gasteiger partial charge is 0.413 e. The van der Waals surface area contributed by atoms with Crippen LogP contribution in [0.25, 0.3) is 0 Å². The summed E-state index contributed by atoms with van der Waals surface area (Å²) in [5.41, 5.74) is 0.453. The molecule has 0 fully saturated rings. The molecule has 0 aromatic heterocycles. The Hall–Kier alpha value is -2.43. The zero-order chi connectivity index (χ0) is 14.5. The van der Waals surface area contributed by atoms with E-state index >= 15 is 0 Å². The molecule has 0 heterocycles. The van der Waals surface area contributed by atoms with Crippen molar-refractivity contribution in [2.45, 2.75) is 13.0 Å². The van der Waals surface area contributed by atoms with E-state index in [0.717, 1.165) is 12.1 Å². The zero-order valence-electron chi connectivity index (χ0n) is 10.8. The Morgan fingerprint density at radius 2 is 1.80 bits per heavy atom. The van der Waals surface area contributed by atoms with Crippen molar-refractivity contribution < 1.29 is 18.3 Å². The summed E-state index contributed by atoms with van der Waals surface area (Å²) in [6.45, 7) is 1.65. The summed E-state index contributed by atoms with van der Waals surface area (Å²) in [6, 6.07) is 11.5. The molecule has 104 valence electrons. The molecule has 3 nitrogen and oxygen atoms in total. The first-order chi connectivity index (χ1) is 9.56. The molecule has 2 aromatic rings. The van der Waals surface area contributed by atoms with Crippen molar-refractivity contribution in [2.24, 2.45) is 0 Å². The summed E-state index contributed by atoms with van der Waals surface area (Å²) < 4.78 is 31.0. The SMILES string of the molecule is CC(NC(=O)Oc1ccccc1)c1ccc(F)c(F)c1. The summed E-state index contributed by atoms with van der Waals surface area (Å²) in [6.07, 6.45) is -0.659. The maximum atomic E-state index is 13.1. The predicted molar refractivity (Wildman–Crippen MR) is 70.4 cm³/mol. The van der Waals surface area contributed by atoms with Crippen molar-refractivity contribution in [2.75, 3.05) is 0 Å². The van der Waals surface area contributed by atoms with Crippen LogP contribution < -0.4 is 10.1 Å². The Balaban J connectivity index is 1.98. The Morgan fingerprint density at radius 1 is 1.10 bits per heavy atom. The van der Waals surface area contributed by atoms with Gasteiger partial charge in [0.2, 0.25) is 0 Å². The Morgan fingerprint density at radius 3 is 2.45 bits per heavy atom. The van der Waals surface area contributed by atoms with Crippen molar-refractivity contribution in [3.8, 4) is 5.75 Å². The van der Waals surface area contributed by atoms with Crippen LogP contribution in [0.1, 0.15) is 18.5 Å². The fourth-order valence-electron chi connectivity index (χ4n) is 1.67. The first-order valence-corrected chi connectivity index (χ1v) is 6.04. The van der Waals surface area contributed by atoms with Gasteiger partial charge < -0.3 is 10.1 Å². The predicted octanol–water partition coefficient (Wildman–Crippen LogP) is 3.81. The summed E-state index contributed by atoms with van der Waals surface area (Å²) in [5, 5.41) is 2.54. The van der Waals surface area contributed by atoms with Gasteiger partial charge in [-0.3, -0.25) is 0 Å². The molecule has 0 aliphatic heterocycles. The van der Waals surface area contributed by atoms with Gasteiger partial charge in [-0.05, 0) is 36.8 Å². The molecule has 0 radical (unpaired) electrons. The van der Waals surface area contributed by atoms with Gasteiger partial charge in [-0.15, -0.1) is 0 Å². The highest BCUT2D eigenvalue weighted by molar-refractivity contribution is 5.70. The Bertz CT molecular complexity index is 602. The monoisotopic (exact) mass is 277 g/mol. The van der Waals surface area contributed by atoms with Crippen LogP contribution >= 0.6 is 0 Å². The number of para-hydroxylation sites is 1. The fraction of sp³-hybridized carbons (Fsp3) is 0.133. The second kappa shape index (κ2) is 6.14. The molecule has 1 N–H and O–H groups in total. The van der Waals surface area contributed by atoms with Crippen molar-refractivity contribution in [1.29, 1.82) is 0 Å². The number of nitrogens with one attached hydrogen (secondary N) is 1. The van der Waals surface area contributed by atoms with Crippen LogP contribution in [0, 0.1) is 11.6 Å². The molecular weight excluding hydrogens is 264 g/mol. The standard InChI is InChI=1S/C15H13F2NO2/c1-10(11-7-8-13(16)14(17)9-11)18-15(19)20-12-5-3-2-4-6-12/h2-10H,1H3,(H,18,19). The van der Waals surface area contributed by atoms with E-state index < -0.39 is 23.8 Å². The second-order valence-electron chi connectivity index (χ2n) is 4.24. The van der Waals surface area contributed by atoms with E-state index in [4.69, 9.17) is 4.74 Å². The average Bonchev–Trinajstić information content (AvgIpc) is 2.42. The number of carbonyl (C=O) groups excluding carboxylic acids is 1. The lowest BCUT2D eigenvalue weighted by molar-refractivity contribution is 0.197. The molecule has 0 saturated carbocycles. The van der Waals surface area contributed by atoms with Crippen LogP contribution in [-0.2, 0) is 0 Å². The highest BCUT2D eigenvalue weighted by atomic mass is 19.2. The number of hydrogen-bond acceptors (Lipinski definition) is 2. The topological polar surface area (TPSA) is 38.3 Å². The highest BCUT2D eigenvalue weighted by Gasteiger charge is 2.13. The van der Waals surface area contributed by atoms with Gasteiger partial charge in [-0.1, -0.05) is 24.3 Å². The smallest absolute Gasteiger partial charge is 0.410 e. The number of ether oxygens (including phenoxy) is 1. The van der Waals surface area contributed by atoms with E-state index in [1.807, 2.05) is 0 Å². The molecule has 1 atom stereocenters. The Labute approximate surface area is 115 Å². The van der Waals surface area contributed by atoms with Crippen molar-refractivity contribution in [3.63, 3.8) is 0 Å². The van der Waals surface area contributed by atoms with Crippen LogP contribution in [0.5, 0.6) is 5.75 Å². The maximum absolute atomic E-state index is 13.1. The lowest BCUT2D eigenvalue weighted by Crippen LogP contribution is -2.29. The molecule has 0 aliphatic carbocycles. The third-order valence-electron chi connectivity index (χ3n) is 2.73. The van der Waals surface area contributed by atoms with Gasteiger partial charge in [-0.2, -0.15) is 0 Å². The molecular formula is C15H13F2NO2. The van der Waals surface area contributed by atoms with E-state index in [-0.39, 0.29) is 0 Å². The fourth-order valence-corrected chi connectivity index (χ4v) is 1.67. The van der Waals surface area contributed by atoms with Crippen molar-refractivity contribution in [3.05, 3.63) is 65.7 Å². The van der Waals surface area contributed by atoms with Gasteiger partial charge in [0.15, 0.2) is 11.6 Å². The summed E-state index contributed by atoms with van der Waals surface area (Å²) in [4.78, 5) is 11.6. The van der Waals surface area contributed by atoms with E-state index in [1.165, 1.54) is 6.07 Å². The number of halogens is 2. The molecule has 0 saturated heterocycles. The van der Waals surface area contributed by atoms with Crippen molar-refractivity contribution >= 4 is 6.09 Å². The highest BCUT2D eigenvalue weighted by Crippen LogP contribution is 2.16. The van der Waals surface area contributed by atoms with E-state index in [0.29, 0.717) is 11.3 Å². The maximum Gasteiger partial charge on any atom is 0.413 e.